The van der Waals surface area contributed by atoms with Gasteiger partial charge in [-0.1, -0.05) is 6.07 Å². The van der Waals surface area contributed by atoms with E-state index in [0.717, 1.165) is 11.3 Å². The third kappa shape index (κ3) is 5.47. The molecule has 8 heteroatoms. The summed E-state index contributed by atoms with van der Waals surface area (Å²) in [6, 6.07) is 11.4. The number of nitrogens with one attached hydrogen (secondary N) is 1. The molecule has 29 heavy (non-hydrogen) atoms. The zero-order chi connectivity index (χ0) is 20.6. The Labute approximate surface area is 167 Å². The maximum Gasteiger partial charge on any atom is 0.338 e. The number of rotatable bonds is 7. The molecule has 8 nitrogen and oxygen atoms in total. The third-order valence-electron chi connectivity index (χ3n) is 4.22. The molecule has 1 N–H and O–H groups in total. The maximum atomic E-state index is 12.0. The summed E-state index contributed by atoms with van der Waals surface area (Å²) in [5.74, 6) is -0.129. The topological polar surface area (TPSA) is 100 Å². The van der Waals surface area contributed by atoms with Crippen LogP contribution >= 0.6 is 0 Å². The highest BCUT2D eigenvalue weighted by Gasteiger charge is 2.13. The number of benzene rings is 2. The molecule has 0 unspecified atom stereocenters. The first-order valence-electron chi connectivity index (χ1n) is 9.07. The second kappa shape index (κ2) is 9.59. The molecule has 0 bridgehead atoms. The molecular formula is C21H21NO7. The van der Waals surface area contributed by atoms with E-state index in [9.17, 15) is 14.4 Å². The molecule has 3 rings (SSSR count). The van der Waals surface area contributed by atoms with E-state index < -0.39 is 24.5 Å². The Morgan fingerprint density at radius 3 is 2.28 bits per heavy atom. The molecule has 1 aliphatic rings. The van der Waals surface area contributed by atoms with Gasteiger partial charge in [-0.3, -0.25) is 4.79 Å². The van der Waals surface area contributed by atoms with E-state index in [-0.39, 0.29) is 5.56 Å². The Balaban J connectivity index is 1.40. The lowest BCUT2D eigenvalue weighted by molar-refractivity contribution is -0.124. The fourth-order valence-electron chi connectivity index (χ4n) is 2.72. The average molecular weight is 399 g/mol. The summed E-state index contributed by atoms with van der Waals surface area (Å²) in [6.45, 7) is 1.06. The Kier molecular flexibility index (Phi) is 6.67. The van der Waals surface area contributed by atoms with Crippen molar-refractivity contribution >= 4 is 17.8 Å². The number of fused-ring (bicyclic) bond motifs is 1. The van der Waals surface area contributed by atoms with Gasteiger partial charge in [-0.15, -0.1) is 0 Å². The molecule has 0 aliphatic carbocycles. The van der Waals surface area contributed by atoms with Crippen LogP contribution in [0.3, 0.4) is 0 Å². The van der Waals surface area contributed by atoms with Gasteiger partial charge in [-0.05, 0) is 48.4 Å². The van der Waals surface area contributed by atoms with Gasteiger partial charge in [0.1, 0.15) is 13.2 Å². The third-order valence-corrected chi connectivity index (χ3v) is 4.22. The normalized spacial score (nSPS) is 12.0. The summed E-state index contributed by atoms with van der Waals surface area (Å²) in [4.78, 5) is 35.3. The van der Waals surface area contributed by atoms with Gasteiger partial charge in [0.15, 0.2) is 18.1 Å². The zero-order valence-corrected chi connectivity index (χ0v) is 15.9. The highest BCUT2D eigenvalue weighted by molar-refractivity contribution is 5.94. The molecule has 0 saturated heterocycles. The largest absolute Gasteiger partial charge is 0.486 e. The maximum absolute atomic E-state index is 12.0. The van der Waals surface area contributed by atoms with E-state index >= 15 is 0 Å². The van der Waals surface area contributed by atoms with E-state index in [4.69, 9.17) is 14.2 Å². The van der Waals surface area contributed by atoms with Crippen LogP contribution in [0.2, 0.25) is 0 Å². The van der Waals surface area contributed by atoms with Gasteiger partial charge in [0, 0.05) is 6.54 Å². The van der Waals surface area contributed by atoms with Crippen molar-refractivity contribution in [2.45, 2.75) is 6.42 Å². The van der Waals surface area contributed by atoms with Crippen molar-refractivity contribution < 1.29 is 33.3 Å². The van der Waals surface area contributed by atoms with Crippen LogP contribution in [0, 0.1) is 0 Å². The quantitative estimate of drug-likeness (QED) is 0.708. The predicted octanol–water partition coefficient (Wildman–Crippen LogP) is 1.76. The zero-order valence-electron chi connectivity index (χ0n) is 15.9. The molecule has 1 aliphatic heterocycles. The molecule has 0 fully saturated rings. The monoisotopic (exact) mass is 399 g/mol. The summed E-state index contributed by atoms with van der Waals surface area (Å²) >= 11 is 0. The minimum absolute atomic E-state index is 0.238. The molecule has 2 aromatic rings. The van der Waals surface area contributed by atoms with Crippen LogP contribution in [-0.4, -0.2) is 51.3 Å². The predicted molar refractivity (Wildman–Crippen MR) is 102 cm³/mol. The van der Waals surface area contributed by atoms with Crippen molar-refractivity contribution in [1.29, 1.82) is 0 Å². The van der Waals surface area contributed by atoms with Gasteiger partial charge in [-0.2, -0.15) is 0 Å². The van der Waals surface area contributed by atoms with E-state index in [0.29, 0.717) is 37.5 Å². The van der Waals surface area contributed by atoms with Crippen LogP contribution in [0.4, 0.5) is 0 Å². The summed E-state index contributed by atoms with van der Waals surface area (Å²) < 4.78 is 20.6. The molecule has 0 spiro atoms. The summed E-state index contributed by atoms with van der Waals surface area (Å²) in [6.07, 6.45) is 0.602. The standard InChI is InChI=1S/C21H21NO7/c1-26-20(24)15-3-5-16(6-4-15)21(25)29-13-19(23)22-9-8-14-2-7-17-18(12-14)28-11-10-27-17/h2-7,12H,8-11,13H2,1H3,(H,22,23). The van der Waals surface area contributed by atoms with Gasteiger partial charge in [0.25, 0.3) is 5.91 Å². The van der Waals surface area contributed by atoms with E-state index in [1.54, 1.807) is 0 Å². The van der Waals surface area contributed by atoms with Gasteiger partial charge in [0.2, 0.25) is 0 Å². The number of hydrogen-bond donors (Lipinski definition) is 1. The first-order valence-corrected chi connectivity index (χ1v) is 9.07. The van der Waals surface area contributed by atoms with Crippen molar-refractivity contribution in [2.75, 3.05) is 33.5 Å². The van der Waals surface area contributed by atoms with Crippen LogP contribution in [0.15, 0.2) is 42.5 Å². The van der Waals surface area contributed by atoms with Crippen LogP contribution in [0.25, 0.3) is 0 Å². The van der Waals surface area contributed by atoms with Crippen LogP contribution in [0.5, 0.6) is 11.5 Å². The molecule has 0 saturated carbocycles. The lowest BCUT2D eigenvalue weighted by Gasteiger charge is -2.18. The van der Waals surface area contributed by atoms with Gasteiger partial charge in [-0.25, -0.2) is 9.59 Å². The number of amides is 1. The number of hydrogen-bond acceptors (Lipinski definition) is 7. The van der Waals surface area contributed by atoms with Crippen LogP contribution in [0.1, 0.15) is 26.3 Å². The molecule has 152 valence electrons. The Morgan fingerprint density at radius 1 is 0.931 bits per heavy atom. The van der Waals surface area contributed by atoms with Gasteiger partial charge < -0.3 is 24.3 Å². The molecule has 0 atom stereocenters. The fraction of sp³-hybridized carbons (Fsp3) is 0.286. The summed E-state index contributed by atoms with van der Waals surface area (Å²) in [5, 5.41) is 2.70. The van der Waals surface area contributed by atoms with E-state index in [1.807, 2.05) is 18.2 Å². The van der Waals surface area contributed by atoms with Crippen molar-refractivity contribution in [3.8, 4) is 11.5 Å². The minimum atomic E-state index is -0.650. The number of ether oxygens (including phenoxy) is 4. The van der Waals surface area contributed by atoms with E-state index in [1.165, 1.54) is 31.4 Å². The summed E-state index contributed by atoms with van der Waals surface area (Å²) in [7, 11) is 1.27. The van der Waals surface area contributed by atoms with Crippen LogP contribution in [-0.2, 0) is 20.7 Å². The van der Waals surface area contributed by atoms with Crippen molar-refractivity contribution in [3.05, 3.63) is 59.2 Å². The first kappa shape index (κ1) is 20.2. The number of methoxy groups -OCH3 is 1. The number of carbonyl (C=O) groups is 3. The fourth-order valence-corrected chi connectivity index (χ4v) is 2.72. The highest BCUT2D eigenvalue weighted by Crippen LogP contribution is 2.30. The molecular weight excluding hydrogens is 378 g/mol. The van der Waals surface area contributed by atoms with E-state index in [2.05, 4.69) is 10.1 Å². The SMILES string of the molecule is COC(=O)c1ccc(C(=O)OCC(=O)NCCc2ccc3c(c2)OCCO3)cc1. The summed E-state index contributed by atoms with van der Waals surface area (Å²) in [5.41, 5.74) is 1.56. The van der Waals surface area contributed by atoms with Gasteiger partial charge in [0.05, 0.1) is 18.2 Å². The molecule has 0 aromatic heterocycles. The Hall–Kier alpha value is -3.55. The molecule has 2 aromatic carbocycles. The second-order valence-corrected chi connectivity index (χ2v) is 6.22. The van der Waals surface area contributed by atoms with Crippen molar-refractivity contribution in [1.82, 2.24) is 5.32 Å². The molecule has 1 amide bonds. The first-order chi connectivity index (χ1) is 14.1. The highest BCUT2D eigenvalue weighted by atomic mass is 16.6. The molecule has 1 heterocycles. The lowest BCUT2D eigenvalue weighted by Crippen LogP contribution is -2.30. The second-order valence-electron chi connectivity index (χ2n) is 6.22. The number of carbonyl (C=O) groups excluding carboxylic acids is 3. The number of esters is 2. The van der Waals surface area contributed by atoms with Crippen LogP contribution < -0.4 is 14.8 Å². The van der Waals surface area contributed by atoms with Crippen molar-refractivity contribution in [2.24, 2.45) is 0 Å². The molecule has 0 radical (unpaired) electrons. The van der Waals surface area contributed by atoms with Gasteiger partial charge >= 0.3 is 11.9 Å². The Morgan fingerprint density at radius 2 is 1.59 bits per heavy atom. The smallest absolute Gasteiger partial charge is 0.338 e. The van der Waals surface area contributed by atoms with Crippen molar-refractivity contribution in [3.63, 3.8) is 0 Å². The minimum Gasteiger partial charge on any atom is -0.486 e. The average Bonchev–Trinajstić information content (AvgIpc) is 2.77. The Bertz CT molecular complexity index is 892. The lowest BCUT2D eigenvalue weighted by atomic mass is 10.1.